The van der Waals surface area contributed by atoms with Crippen LogP contribution in [0, 0.1) is 32.1 Å². The Labute approximate surface area is 167 Å². The Hall–Kier alpha value is -3.11. The van der Waals surface area contributed by atoms with Gasteiger partial charge in [-0.1, -0.05) is 18.2 Å². The van der Waals surface area contributed by atoms with Crippen LogP contribution in [0.25, 0.3) is 5.00 Å². The molecular weight excluding hydrogens is 370 g/mol. The van der Waals surface area contributed by atoms with Crippen molar-refractivity contribution in [3.8, 4) is 11.1 Å². The average molecular weight is 389 g/mol. The molecule has 3 heterocycles. The number of hydrogen-bond donors (Lipinski definition) is 0. The maximum absolute atomic E-state index is 12.0. The molecule has 7 heteroatoms. The van der Waals surface area contributed by atoms with Crippen LogP contribution in [0.3, 0.4) is 0 Å². The third-order valence-electron chi connectivity index (χ3n) is 5.02. The second-order valence-corrected chi connectivity index (χ2v) is 8.16. The summed E-state index contributed by atoms with van der Waals surface area (Å²) in [4.78, 5) is 18.1. The molecule has 0 fully saturated rings. The topological polar surface area (TPSA) is 83.9 Å². The lowest BCUT2D eigenvalue weighted by Crippen LogP contribution is -2.10. The van der Waals surface area contributed by atoms with Gasteiger partial charge in [-0.15, -0.1) is 21.5 Å². The van der Waals surface area contributed by atoms with Gasteiger partial charge in [0.25, 0.3) is 0 Å². The summed E-state index contributed by atoms with van der Waals surface area (Å²) < 4.78 is 2.01. The molecule has 0 aliphatic carbocycles. The number of aryl methyl sites for hydroxylation is 2. The molecule has 0 saturated heterocycles. The van der Waals surface area contributed by atoms with Crippen molar-refractivity contribution in [1.82, 2.24) is 14.8 Å². The number of hydrogen-bond acceptors (Lipinski definition) is 6. The quantitative estimate of drug-likeness (QED) is 0.678. The SMILES string of the molecule is CC(=O)C[C@H]1N=C(c2ccccc2C#N)c2c(sc(C)c2C)-n2c(C)nnc21. The van der Waals surface area contributed by atoms with Crippen LogP contribution in [-0.4, -0.2) is 26.3 Å². The van der Waals surface area contributed by atoms with Gasteiger partial charge in [-0.05, 0) is 39.3 Å². The molecular formula is C21H19N5OS. The number of ketones is 1. The molecule has 0 bridgehead atoms. The summed E-state index contributed by atoms with van der Waals surface area (Å²) in [5.74, 6) is 1.46. The number of Topliss-reactive ketones (excluding diaryl/α,β-unsaturated/α-hetero) is 1. The summed E-state index contributed by atoms with van der Waals surface area (Å²) in [6.45, 7) is 7.61. The minimum Gasteiger partial charge on any atom is -0.300 e. The molecule has 0 saturated carbocycles. The first-order chi connectivity index (χ1) is 13.4. The van der Waals surface area contributed by atoms with Crippen LogP contribution in [0.1, 0.15) is 58.2 Å². The summed E-state index contributed by atoms with van der Waals surface area (Å²) in [6, 6.07) is 9.29. The summed E-state index contributed by atoms with van der Waals surface area (Å²) in [7, 11) is 0. The van der Waals surface area contributed by atoms with Crippen LogP contribution in [-0.2, 0) is 4.79 Å². The zero-order chi connectivity index (χ0) is 20.0. The van der Waals surface area contributed by atoms with Crippen LogP contribution >= 0.6 is 11.3 Å². The first-order valence-corrected chi connectivity index (χ1v) is 9.83. The Morgan fingerprint density at radius 2 is 2.00 bits per heavy atom. The predicted octanol–water partition coefficient (Wildman–Crippen LogP) is 4.00. The minimum atomic E-state index is -0.445. The predicted molar refractivity (Wildman–Crippen MR) is 108 cm³/mol. The number of fused-ring (bicyclic) bond motifs is 3. The van der Waals surface area contributed by atoms with Crippen LogP contribution in [0.5, 0.6) is 0 Å². The third kappa shape index (κ3) is 2.77. The highest BCUT2D eigenvalue weighted by atomic mass is 32.1. The average Bonchev–Trinajstić information content (AvgIpc) is 3.14. The van der Waals surface area contributed by atoms with E-state index in [0.717, 1.165) is 33.2 Å². The monoisotopic (exact) mass is 389 g/mol. The fourth-order valence-electron chi connectivity index (χ4n) is 3.57. The minimum absolute atomic E-state index is 0.0343. The van der Waals surface area contributed by atoms with Crippen molar-refractivity contribution in [2.75, 3.05) is 0 Å². The van der Waals surface area contributed by atoms with Crippen LogP contribution in [0.15, 0.2) is 29.3 Å². The lowest BCUT2D eigenvalue weighted by atomic mass is 9.96. The summed E-state index contributed by atoms with van der Waals surface area (Å²) in [5.41, 5.74) is 4.18. The van der Waals surface area contributed by atoms with E-state index < -0.39 is 6.04 Å². The largest absolute Gasteiger partial charge is 0.300 e. The lowest BCUT2D eigenvalue weighted by Gasteiger charge is -2.12. The molecule has 1 atom stereocenters. The van der Waals surface area contributed by atoms with Gasteiger partial charge in [0, 0.05) is 22.4 Å². The van der Waals surface area contributed by atoms with Gasteiger partial charge in [-0.3, -0.25) is 14.4 Å². The molecule has 0 spiro atoms. The lowest BCUT2D eigenvalue weighted by molar-refractivity contribution is -0.117. The third-order valence-corrected chi connectivity index (χ3v) is 6.22. The normalized spacial score (nSPS) is 15.2. The molecule has 0 unspecified atom stereocenters. The van der Waals surface area contributed by atoms with E-state index in [1.165, 1.54) is 4.88 Å². The number of thiophene rings is 1. The van der Waals surface area contributed by atoms with E-state index in [1.807, 2.05) is 29.7 Å². The Morgan fingerprint density at radius 3 is 2.71 bits per heavy atom. The number of nitriles is 1. The van der Waals surface area contributed by atoms with E-state index in [4.69, 9.17) is 4.99 Å². The van der Waals surface area contributed by atoms with Gasteiger partial charge < -0.3 is 0 Å². The standard InChI is InChI=1S/C21H19N5OS/c1-11(27)9-17-20-25-24-14(4)26(20)21-18(12(2)13(3)28-21)19(23-17)16-8-6-5-7-15(16)10-22/h5-8,17H,9H2,1-4H3/t17-/m1/s1. The Morgan fingerprint density at radius 1 is 1.25 bits per heavy atom. The molecule has 1 aliphatic heterocycles. The van der Waals surface area contributed by atoms with Crippen LogP contribution in [0.2, 0.25) is 0 Å². The van der Waals surface area contributed by atoms with Crippen molar-refractivity contribution in [1.29, 1.82) is 5.26 Å². The number of carbonyl (C=O) groups is 1. The second kappa shape index (κ2) is 6.80. The van der Waals surface area contributed by atoms with Crippen molar-refractivity contribution in [3.63, 3.8) is 0 Å². The van der Waals surface area contributed by atoms with Gasteiger partial charge in [0.2, 0.25) is 0 Å². The van der Waals surface area contributed by atoms with Gasteiger partial charge in [-0.25, -0.2) is 0 Å². The molecule has 0 radical (unpaired) electrons. The van der Waals surface area contributed by atoms with E-state index in [2.05, 4.69) is 30.1 Å². The number of carbonyl (C=O) groups excluding carboxylic acids is 1. The summed E-state index contributed by atoms with van der Waals surface area (Å²) >= 11 is 1.66. The molecule has 0 amide bonds. The van der Waals surface area contributed by atoms with Crippen molar-refractivity contribution >= 4 is 22.8 Å². The van der Waals surface area contributed by atoms with Gasteiger partial charge in [-0.2, -0.15) is 5.26 Å². The van der Waals surface area contributed by atoms with Crippen molar-refractivity contribution in [2.24, 2.45) is 4.99 Å². The fourth-order valence-corrected chi connectivity index (χ4v) is 4.78. The number of rotatable bonds is 3. The molecule has 3 aromatic rings. The van der Waals surface area contributed by atoms with Crippen molar-refractivity contribution in [3.05, 3.63) is 63.0 Å². The zero-order valence-electron chi connectivity index (χ0n) is 16.1. The van der Waals surface area contributed by atoms with Gasteiger partial charge in [0.05, 0.1) is 17.3 Å². The number of nitrogens with zero attached hydrogens (tertiary/aromatic N) is 5. The van der Waals surface area contributed by atoms with Crippen LogP contribution in [0.4, 0.5) is 0 Å². The molecule has 4 rings (SSSR count). The molecule has 1 aliphatic rings. The number of benzene rings is 1. The van der Waals surface area contributed by atoms with Gasteiger partial charge in [0.1, 0.15) is 22.7 Å². The molecule has 0 N–H and O–H groups in total. The van der Waals surface area contributed by atoms with E-state index in [9.17, 15) is 10.1 Å². The number of aliphatic imine (C=N–C) groups is 1. The van der Waals surface area contributed by atoms with E-state index in [0.29, 0.717) is 11.4 Å². The molecule has 140 valence electrons. The Kier molecular flexibility index (Phi) is 4.44. The second-order valence-electron chi connectivity index (χ2n) is 6.96. The molecule has 28 heavy (non-hydrogen) atoms. The highest BCUT2D eigenvalue weighted by Gasteiger charge is 2.32. The van der Waals surface area contributed by atoms with Crippen LogP contribution < -0.4 is 0 Å². The van der Waals surface area contributed by atoms with Crippen molar-refractivity contribution < 1.29 is 4.79 Å². The van der Waals surface area contributed by atoms with E-state index >= 15 is 0 Å². The Balaban J connectivity index is 2.09. The molecule has 1 aromatic carbocycles. The van der Waals surface area contributed by atoms with Gasteiger partial charge >= 0.3 is 0 Å². The molecule has 2 aromatic heterocycles. The maximum Gasteiger partial charge on any atom is 0.163 e. The highest BCUT2D eigenvalue weighted by molar-refractivity contribution is 7.15. The van der Waals surface area contributed by atoms with Gasteiger partial charge in [0.15, 0.2) is 5.82 Å². The highest BCUT2D eigenvalue weighted by Crippen LogP contribution is 2.39. The summed E-state index contributed by atoms with van der Waals surface area (Å²) in [5, 5.41) is 19.2. The Bertz CT molecular complexity index is 1180. The van der Waals surface area contributed by atoms with E-state index in [-0.39, 0.29) is 12.2 Å². The van der Waals surface area contributed by atoms with Crippen molar-refractivity contribution in [2.45, 2.75) is 40.2 Å². The fraction of sp³-hybridized carbons (Fsp3) is 0.286. The zero-order valence-corrected chi connectivity index (χ0v) is 17.0. The maximum atomic E-state index is 12.0. The summed E-state index contributed by atoms with van der Waals surface area (Å²) in [6.07, 6.45) is 0.239. The first kappa shape index (κ1) is 18.3. The number of aromatic nitrogens is 3. The molecule has 6 nitrogen and oxygen atoms in total. The van der Waals surface area contributed by atoms with E-state index in [1.54, 1.807) is 24.3 Å². The smallest absolute Gasteiger partial charge is 0.163 e. The first-order valence-electron chi connectivity index (χ1n) is 9.01.